The lowest BCUT2D eigenvalue weighted by Gasteiger charge is -2.06. The van der Waals surface area contributed by atoms with Gasteiger partial charge in [0.15, 0.2) is 0 Å². The number of nitrogens with one attached hydrogen (secondary N) is 1. The second-order valence-corrected chi connectivity index (χ2v) is 5.45. The summed E-state index contributed by atoms with van der Waals surface area (Å²) in [6.07, 6.45) is 4.40. The summed E-state index contributed by atoms with van der Waals surface area (Å²) in [5.41, 5.74) is 8.66. The molecule has 0 unspecified atom stereocenters. The molecule has 0 fully saturated rings. The van der Waals surface area contributed by atoms with Crippen molar-refractivity contribution in [3.05, 3.63) is 71.3 Å². The average molecular weight is 333 g/mol. The lowest BCUT2D eigenvalue weighted by molar-refractivity contribution is 0.0953. The molecule has 0 radical (unpaired) electrons. The Bertz CT molecular complexity index is 570. The van der Waals surface area contributed by atoms with Gasteiger partial charge in [0.2, 0.25) is 0 Å². The first kappa shape index (κ1) is 19.2. The van der Waals surface area contributed by atoms with Crippen LogP contribution in [0.4, 0.5) is 0 Å². The Balaban J connectivity index is 0.00000264. The molecule has 2 aromatic carbocycles. The van der Waals surface area contributed by atoms with Crippen molar-refractivity contribution >= 4 is 18.3 Å². The Hall–Kier alpha value is -1.84. The van der Waals surface area contributed by atoms with Crippen LogP contribution in [0.1, 0.15) is 40.7 Å². The third-order valence-electron chi connectivity index (χ3n) is 3.72. The maximum absolute atomic E-state index is 12.0. The second kappa shape index (κ2) is 10.8. The molecule has 0 aliphatic heterocycles. The minimum absolute atomic E-state index is 0. The zero-order chi connectivity index (χ0) is 15.6. The highest BCUT2D eigenvalue weighted by molar-refractivity contribution is 5.94. The van der Waals surface area contributed by atoms with Crippen LogP contribution in [0, 0.1) is 0 Å². The van der Waals surface area contributed by atoms with Crippen LogP contribution in [0.15, 0.2) is 54.6 Å². The summed E-state index contributed by atoms with van der Waals surface area (Å²) < 4.78 is 0. The van der Waals surface area contributed by atoms with Gasteiger partial charge >= 0.3 is 0 Å². The number of halogens is 1. The number of amides is 1. The molecule has 0 spiro atoms. The Morgan fingerprint density at radius 2 is 1.57 bits per heavy atom. The normalized spacial score (nSPS) is 9.96. The van der Waals surface area contributed by atoms with Crippen LogP contribution in [-0.4, -0.2) is 12.5 Å². The Kier molecular flexibility index (Phi) is 9.03. The number of nitrogens with two attached hydrogens (primary N) is 1. The lowest BCUT2D eigenvalue weighted by Crippen LogP contribution is -2.24. The molecule has 1 amide bonds. The van der Waals surface area contributed by atoms with Gasteiger partial charge in [0.05, 0.1) is 0 Å². The van der Waals surface area contributed by atoms with Crippen LogP contribution in [0.25, 0.3) is 0 Å². The van der Waals surface area contributed by atoms with E-state index in [-0.39, 0.29) is 18.3 Å². The van der Waals surface area contributed by atoms with Crippen LogP contribution in [-0.2, 0) is 13.0 Å². The average Bonchev–Trinajstić information content (AvgIpc) is 2.58. The fourth-order valence-corrected chi connectivity index (χ4v) is 2.37. The molecule has 0 bridgehead atoms. The van der Waals surface area contributed by atoms with Crippen molar-refractivity contribution in [1.29, 1.82) is 0 Å². The number of hydrogen-bond donors (Lipinski definition) is 2. The predicted octanol–water partition coefficient (Wildman–Crippen LogP) is 3.71. The summed E-state index contributed by atoms with van der Waals surface area (Å²) >= 11 is 0. The maximum Gasteiger partial charge on any atom is 0.251 e. The van der Waals surface area contributed by atoms with Crippen molar-refractivity contribution in [2.24, 2.45) is 5.73 Å². The highest BCUT2D eigenvalue weighted by Gasteiger charge is 2.04. The van der Waals surface area contributed by atoms with E-state index in [4.69, 9.17) is 5.73 Å². The lowest BCUT2D eigenvalue weighted by atomic mass is 10.1. The third-order valence-corrected chi connectivity index (χ3v) is 3.72. The molecule has 124 valence electrons. The first-order valence-electron chi connectivity index (χ1n) is 7.91. The number of hydrogen-bond acceptors (Lipinski definition) is 2. The predicted molar refractivity (Wildman–Crippen MR) is 97.9 cm³/mol. The van der Waals surface area contributed by atoms with Crippen LogP contribution < -0.4 is 11.1 Å². The number of carbonyl (C=O) groups is 1. The summed E-state index contributed by atoms with van der Waals surface area (Å²) in [5, 5.41) is 2.96. The molecule has 0 atom stereocenters. The Labute approximate surface area is 144 Å². The van der Waals surface area contributed by atoms with Gasteiger partial charge in [-0.1, -0.05) is 48.9 Å². The topological polar surface area (TPSA) is 55.1 Å². The van der Waals surface area contributed by atoms with Gasteiger partial charge in [-0.15, -0.1) is 12.4 Å². The summed E-state index contributed by atoms with van der Waals surface area (Å²) in [4.78, 5) is 12.0. The summed E-state index contributed by atoms with van der Waals surface area (Å²) in [7, 11) is 0. The van der Waals surface area contributed by atoms with E-state index in [1.54, 1.807) is 0 Å². The van der Waals surface area contributed by atoms with E-state index in [1.807, 2.05) is 30.3 Å². The minimum atomic E-state index is -0.00775. The van der Waals surface area contributed by atoms with Crippen molar-refractivity contribution in [2.45, 2.75) is 32.2 Å². The number of carbonyl (C=O) groups excluding carboxylic acids is 1. The largest absolute Gasteiger partial charge is 0.352 e. The SMILES string of the molecule is Cl.NCc1ccc(C(=O)NCCCCCc2ccccc2)cc1. The molecule has 3 nitrogen and oxygen atoms in total. The fraction of sp³-hybridized carbons (Fsp3) is 0.316. The zero-order valence-corrected chi connectivity index (χ0v) is 14.1. The number of aryl methyl sites for hydroxylation is 1. The first-order chi connectivity index (χ1) is 10.8. The number of benzene rings is 2. The number of rotatable bonds is 8. The highest BCUT2D eigenvalue weighted by atomic mass is 35.5. The summed E-state index contributed by atoms with van der Waals surface area (Å²) in [6.45, 7) is 1.23. The molecule has 2 rings (SSSR count). The van der Waals surface area contributed by atoms with Gasteiger partial charge in [-0.25, -0.2) is 0 Å². The molecular formula is C19H25ClN2O. The van der Waals surface area contributed by atoms with Crippen LogP contribution in [0.2, 0.25) is 0 Å². The number of unbranched alkanes of at least 4 members (excludes halogenated alkanes) is 2. The van der Waals surface area contributed by atoms with E-state index in [9.17, 15) is 4.79 Å². The van der Waals surface area contributed by atoms with E-state index in [0.29, 0.717) is 12.1 Å². The molecule has 0 heterocycles. The van der Waals surface area contributed by atoms with Crippen molar-refractivity contribution in [3.63, 3.8) is 0 Å². The molecule has 23 heavy (non-hydrogen) atoms. The van der Waals surface area contributed by atoms with Crippen molar-refractivity contribution in [3.8, 4) is 0 Å². The molecule has 2 aromatic rings. The van der Waals surface area contributed by atoms with Gasteiger partial charge in [-0.2, -0.15) is 0 Å². The van der Waals surface area contributed by atoms with Gasteiger partial charge < -0.3 is 11.1 Å². The van der Waals surface area contributed by atoms with E-state index in [1.165, 1.54) is 5.56 Å². The molecule has 0 aliphatic rings. The molecular weight excluding hydrogens is 308 g/mol. The monoisotopic (exact) mass is 332 g/mol. The van der Waals surface area contributed by atoms with E-state index in [2.05, 4.69) is 29.6 Å². The van der Waals surface area contributed by atoms with Crippen LogP contribution in [0.5, 0.6) is 0 Å². The molecule has 0 saturated carbocycles. The molecule has 0 saturated heterocycles. The van der Waals surface area contributed by atoms with Gasteiger partial charge in [0, 0.05) is 18.7 Å². The van der Waals surface area contributed by atoms with E-state index < -0.39 is 0 Å². The van der Waals surface area contributed by atoms with Crippen molar-refractivity contribution in [1.82, 2.24) is 5.32 Å². The zero-order valence-electron chi connectivity index (χ0n) is 13.3. The second-order valence-electron chi connectivity index (χ2n) is 5.45. The van der Waals surface area contributed by atoms with E-state index in [0.717, 1.165) is 37.8 Å². The van der Waals surface area contributed by atoms with Crippen LogP contribution in [0.3, 0.4) is 0 Å². The van der Waals surface area contributed by atoms with Crippen molar-refractivity contribution in [2.75, 3.05) is 6.54 Å². The smallest absolute Gasteiger partial charge is 0.251 e. The molecule has 4 heteroatoms. The summed E-state index contributed by atoms with van der Waals surface area (Å²) in [6, 6.07) is 18.0. The van der Waals surface area contributed by atoms with Gasteiger partial charge in [0.25, 0.3) is 5.91 Å². The molecule has 0 aromatic heterocycles. The Morgan fingerprint density at radius 3 is 2.22 bits per heavy atom. The quantitative estimate of drug-likeness (QED) is 0.724. The Morgan fingerprint density at radius 1 is 0.870 bits per heavy atom. The maximum atomic E-state index is 12.0. The van der Waals surface area contributed by atoms with Gasteiger partial charge in [0.1, 0.15) is 0 Å². The first-order valence-corrected chi connectivity index (χ1v) is 7.91. The van der Waals surface area contributed by atoms with Gasteiger partial charge in [-0.05, 0) is 42.5 Å². The molecule has 0 aliphatic carbocycles. The summed E-state index contributed by atoms with van der Waals surface area (Å²) in [5.74, 6) is -0.00775. The molecule has 3 N–H and O–H groups in total. The minimum Gasteiger partial charge on any atom is -0.352 e. The van der Waals surface area contributed by atoms with Crippen molar-refractivity contribution < 1.29 is 4.79 Å². The standard InChI is InChI=1S/C19H24N2O.ClH/c20-15-17-10-12-18(13-11-17)19(22)21-14-6-2-5-9-16-7-3-1-4-8-16;/h1,3-4,7-8,10-13H,2,5-6,9,14-15,20H2,(H,21,22);1H. The fourth-order valence-electron chi connectivity index (χ4n) is 2.37. The van der Waals surface area contributed by atoms with Crippen LogP contribution >= 0.6 is 12.4 Å². The highest BCUT2D eigenvalue weighted by Crippen LogP contribution is 2.06. The van der Waals surface area contributed by atoms with Gasteiger partial charge in [-0.3, -0.25) is 4.79 Å². The van der Waals surface area contributed by atoms with E-state index >= 15 is 0 Å². The third kappa shape index (κ3) is 6.85.